The van der Waals surface area contributed by atoms with Crippen LogP contribution in [0.1, 0.15) is 43.8 Å². The SMILES string of the molecule is Cc1cc(NC(=O)CCl)nn1C1CCCCC1. The maximum Gasteiger partial charge on any atom is 0.240 e. The molecule has 1 N–H and O–H groups in total. The zero-order chi connectivity index (χ0) is 12.3. The molecule has 2 rings (SSSR count). The summed E-state index contributed by atoms with van der Waals surface area (Å²) in [6, 6.07) is 2.39. The maximum atomic E-state index is 11.2. The topological polar surface area (TPSA) is 46.9 Å². The smallest absolute Gasteiger partial charge is 0.240 e. The van der Waals surface area contributed by atoms with E-state index in [0.29, 0.717) is 11.9 Å². The number of halogens is 1. The van der Waals surface area contributed by atoms with Gasteiger partial charge in [0.05, 0.1) is 6.04 Å². The van der Waals surface area contributed by atoms with Gasteiger partial charge in [0.2, 0.25) is 5.91 Å². The van der Waals surface area contributed by atoms with Crippen LogP contribution < -0.4 is 5.32 Å². The van der Waals surface area contributed by atoms with E-state index in [1.807, 2.05) is 17.7 Å². The molecule has 1 amide bonds. The number of hydrogen-bond acceptors (Lipinski definition) is 2. The molecular weight excluding hydrogens is 238 g/mol. The molecule has 1 aromatic rings. The second-order valence-electron chi connectivity index (χ2n) is 4.59. The van der Waals surface area contributed by atoms with Gasteiger partial charge >= 0.3 is 0 Å². The molecule has 0 aliphatic heterocycles. The minimum atomic E-state index is -0.208. The Balaban J connectivity index is 2.09. The lowest BCUT2D eigenvalue weighted by atomic mass is 9.95. The number of carbonyl (C=O) groups excluding carboxylic acids is 1. The van der Waals surface area contributed by atoms with Gasteiger partial charge in [0.15, 0.2) is 5.82 Å². The predicted molar refractivity (Wildman–Crippen MR) is 68.4 cm³/mol. The molecule has 0 spiro atoms. The van der Waals surface area contributed by atoms with E-state index in [1.165, 1.54) is 32.1 Å². The fraction of sp³-hybridized carbons (Fsp3) is 0.667. The van der Waals surface area contributed by atoms with Crippen LogP contribution in [0.4, 0.5) is 5.82 Å². The Kier molecular flexibility index (Phi) is 4.05. The summed E-state index contributed by atoms with van der Waals surface area (Å²) in [7, 11) is 0. The molecule has 1 heterocycles. The molecule has 0 saturated heterocycles. The molecular formula is C12H18ClN3O. The zero-order valence-corrected chi connectivity index (χ0v) is 10.8. The zero-order valence-electron chi connectivity index (χ0n) is 10.1. The molecule has 94 valence electrons. The average Bonchev–Trinajstić information content (AvgIpc) is 2.71. The van der Waals surface area contributed by atoms with E-state index < -0.39 is 0 Å². The van der Waals surface area contributed by atoms with Gasteiger partial charge in [-0.2, -0.15) is 5.10 Å². The summed E-state index contributed by atoms with van der Waals surface area (Å²) < 4.78 is 2.04. The largest absolute Gasteiger partial charge is 0.308 e. The Morgan fingerprint density at radius 3 is 2.88 bits per heavy atom. The van der Waals surface area contributed by atoms with Gasteiger partial charge in [-0.1, -0.05) is 19.3 Å². The number of aromatic nitrogens is 2. The summed E-state index contributed by atoms with van der Waals surface area (Å²) in [5, 5.41) is 7.14. The average molecular weight is 256 g/mol. The molecule has 0 aromatic carbocycles. The van der Waals surface area contributed by atoms with Crippen molar-refractivity contribution in [1.82, 2.24) is 9.78 Å². The van der Waals surface area contributed by atoms with Gasteiger partial charge in [-0.25, -0.2) is 0 Å². The van der Waals surface area contributed by atoms with Crippen molar-refractivity contribution in [3.63, 3.8) is 0 Å². The summed E-state index contributed by atoms with van der Waals surface area (Å²) in [6.45, 7) is 2.03. The van der Waals surface area contributed by atoms with Crippen LogP contribution in [0.15, 0.2) is 6.07 Å². The highest BCUT2D eigenvalue weighted by Gasteiger charge is 2.18. The highest BCUT2D eigenvalue weighted by Crippen LogP contribution is 2.29. The van der Waals surface area contributed by atoms with Gasteiger partial charge < -0.3 is 5.32 Å². The van der Waals surface area contributed by atoms with Crippen molar-refractivity contribution in [2.24, 2.45) is 0 Å². The predicted octanol–water partition coefficient (Wildman–Crippen LogP) is 2.87. The molecule has 0 bridgehead atoms. The quantitative estimate of drug-likeness (QED) is 0.845. The van der Waals surface area contributed by atoms with Crippen LogP contribution in [0.3, 0.4) is 0 Å². The van der Waals surface area contributed by atoms with Crippen molar-refractivity contribution in [2.45, 2.75) is 45.1 Å². The molecule has 4 nitrogen and oxygen atoms in total. The number of nitrogens with one attached hydrogen (secondary N) is 1. The van der Waals surface area contributed by atoms with Crippen molar-refractivity contribution in [3.05, 3.63) is 11.8 Å². The third-order valence-corrected chi connectivity index (χ3v) is 3.47. The van der Waals surface area contributed by atoms with Gasteiger partial charge in [-0.3, -0.25) is 9.48 Å². The number of amides is 1. The number of rotatable bonds is 3. The molecule has 1 saturated carbocycles. The molecule has 0 atom stereocenters. The monoisotopic (exact) mass is 255 g/mol. The van der Waals surface area contributed by atoms with E-state index in [-0.39, 0.29) is 11.8 Å². The van der Waals surface area contributed by atoms with Gasteiger partial charge in [0, 0.05) is 11.8 Å². The van der Waals surface area contributed by atoms with Crippen LogP contribution in [0, 0.1) is 6.92 Å². The summed E-state index contributed by atoms with van der Waals surface area (Å²) >= 11 is 5.45. The number of nitrogens with zero attached hydrogens (tertiary/aromatic N) is 2. The maximum absolute atomic E-state index is 11.2. The first-order chi connectivity index (χ1) is 8.20. The van der Waals surface area contributed by atoms with E-state index in [0.717, 1.165) is 5.69 Å². The Bertz CT molecular complexity index is 396. The first-order valence-corrected chi connectivity index (χ1v) is 6.66. The molecule has 17 heavy (non-hydrogen) atoms. The standard InChI is InChI=1S/C12H18ClN3O/c1-9-7-11(14-12(17)8-13)15-16(9)10-5-3-2-4-6-10/h7,10H,2-6,8H2,1H3,(H,14,15,17). The number of anilines is 1. The number of carbonyl (C=O) groups is 1. The van der Waals surface area contributed by atoms with Crippen molar-refractivity contribution in [2.75, 3.05) is 11.2 Å². The van der Waals surface area contributed by atoms with Crippen LogP contribution in [-0.4, -0.2) is 21.6 Å². The third kappa shape index (κ3) is 3.00. The Labute approximate surface area is 106 Å². The van der Waals surface area contributed by atoms with Crippen molar-refractivity contribution >= 4 is 23.3 Å². The normalized spacial score (nSPS) is 17.1. The fourth-order valence-electron chi connectivity index (χ4n) is 2.42. The lowest BCUT2D eigenvalue weighted by molar-refractivity contribution is -0.113. The Morgan fingerprint density at radius 1 is 1.53 bits per heavy atom. The number of alkyl halides is 1. The van der Waals surface area contributed by atoms with Crippen LogP contribution >= 0.6 is 11.6 Å². The molecule has 1 fully saturated rings. The van der Waals surface area contributed by atoms with Gasteiger partial charge in [-0.15, -0.1) is 11.6 Å². The van der Waals surface area contributed by atoms with Gasteiger partial charge in [-0.05, 0) is 19.8 Å². The lowest BCUT2D eigenvalue weighted by Gasteiger charge is -2.23. The van der Waals surface area contributed by atoms with Gasteiger partial charge in [0.1, 0.15) is 5.88 Å². The van der Waals surface area contributed by atoms with Crippen molar-refractivity contribution < 1.29 is 4.79 Å². The molecule has 1 aromatic heterocycles. The van der Waals surface area contributed by atoms with Crippen LogP contribution in [0.5, 0.6) is 0 Å². The van der Waals surface area contributed by atoms with Crippen LogP contribution in [0.25, 0.3) is 0 Å². The second kappa shape index (κ2) is 5.54. The molecule has 1 aliphatic carbocycles. The van der Waals surface area contributed by atoms with E-state index in [2.05, 4.69) is 10.4 Å². The van der Waals surface area contributed by atoms with Crippen molar-refractivity contribution in [1.29, 1.82) is 0 Å². The lowest BCUT2D eigenvalue weighted by Crippen LogP contribution is -2.17. The molecule has 0 unspecified atom stereocenters. The van der Waals surface area contributed by atoms with Crippen LogP contribution in [0.2, 0.25) is 0 Å². The van der Waals surface area contributed by atoms with Crippen LogP contribution in [-0.2, 0) is 4.79 Å². The first kappa shape index (κ1) is 12.4. The molecule has 1 aliphatic rings. The first-order valence-electron chi connectivity index (χ1n) is 6.12. The fourth-order valence-corrected chi connectivity index (χ4v) is 2.49. The van der Waals surface area contributed by atoms with E-state index >= 15 is 0 Å². The minimum Gasteiger partial charge on any atom is -0.308 e. The summed E-state index contributed by atoms with van der Waals surface area (Å²) in [6.07, 6.45) is 6.24. The Morgan fingerprint density at radius 2 is 2.24 bits per heavy atom. The minimum absolute atomic E-state index is 0.0324. The number of aryl methyl sites for hydroxylation is 1. The second-order valence-corrected chi connectivity index (χ2v) is 4.86. The van der Waals surface area contributed by atoms with E-state index in [9.17, 15) is 4.79 Å². The highest BCUT2D eigenvalue weighted by atomic mass is 35.5. The summed E-state index contributed by atoms with van der Waals surface area (Å²) in [5.41, 5.74) is 1.10. The van der Waals surface area contributed by atoms with E-state index in [1.54, 1.807) is 0 Å². The van der Waals surface area contributed by atoms with E-state index in [4.69, 9.17) is 11.6 Å². The molecule has 5 heteroatoms. The Hall–Kier alpha value is -1.03. The molecule has 0 radical (unpaired) electrons. The summed E-state index contributed by atoms with van der Waals surface area (Å²) in [4.78, 5) is 11.2. The van der Waals surface area contributed by atoms with Crippen molar-refractivity contribution in [3.8, 4) is 0 Å². The van der Waals surface area contributed by atoms with Gasteiger partial charge in [0.25, 0.3) is 0 Å². The number of hydrogen-bond donors (Lipinski definition) is 1. The third-order valence-electron chi connectivity index (χ3n) is 3.23. The highest BCUT2D eigenvalue weighted by molar-refractivity contribution is 6.28. The summed E-state index contributed by atoms with van der Waals surface area (Å²) in [5.74, 6) is 0.369.